The summed E-state index contributed by atoms with van der Waals surface area (Å²) in [6.45, 7) is 13.6. The third kappa shape index (κ3) is 27.2. The van der Waals surface area contributed by atoms with Crippen LogP contribution in [0.3, 0.4) is 0 Å². The summed E-state index contributed by atoms with van der Waals surface area (Å²) < 4.78 is 0. The van der Waals surface area contributed by atoms with Gasteiger partial charge in [0.25, 0.3) is 0 Å². The predicted octanol–water partition coefficient (Wildman–Crippen LogP) is 3.07. The Morgan fingerprint density at radius 2 is 0.871 bits per heavy atom. The first-order chi connectivity index (χ1) is 13.8. The molecule has 0 amide bonds. The van der Waals surface area contributed by atoms with Gasteiger partial charge in [-0.1, -0.05) is 26.0 Å². The molecule has 0 fully saturated rings. The van der Waals surface area contributed by atoms with Gasteiger partial charge in [0.1, 0.15) is 0 Å². The number of ketones is 2. The molecule has 2 aromatic rings. The van der Waals surface area contributed by atoms with E-state index in [1.165, 1.54) is 49.9 Å². The van der Waals surface area contributed by atoms with E-state index in [9.17, 15) is 19.8 Å². The van der Waals surface area contributed by atoms with Gasteiger partial charge in [0, 0.05) is 24.8 Å². The normalized spacial score (nSPS) is 9.94. The van der Waals surface area contributed by atoms with Crippen LogP contribution in [0, 0.1) is 27.7 Å². The quantitative estimate of drug-likeness (QED) is 0.379. The molecular weight excluding hydrogens is 439 g/mol. The number of aryl methyl sites for hydroxylation is 4. The smallest absolute Gasteiger partial charge is 0.876 e. The van der Waals surface area contributed by atoms with E-state index in [-0.39, 0.29) is 39.6 Å². The Labute approximate surface area is 196 Å². The predicted molar refractivity (Wildman–Crippen MR) is 116 cm³/mol. The van der Waals surface area contributed by atoms with E-state index >= 15 is 0 Å². The first-order valence-electron chi connectivity index (χ1n) is 9.31. The molecule has 6 nitrogen and oxygen atoms in total. The fourth-order valence-electron chi connectivity index (χ4n) is 1.98. The second-order valence-electron chi connectivity index (χ2n) is 6.81. The minimum Gasteiger partial charge on any atom is -0.876 e. The van der Waals surface area contributed by atoms with Gasteiger partial charge in [0.05, 0.1) is 0 Å². The second-order valence-corrected chi connectivity index (χ2v) is 6.81. The van der Waals surface area contributed by atoms with Crippen molar-refractivity contribution in [2.75, 3.05) is 0 Å². The molecule has 0 saturated carbocycles. The van der Waals surface area contributed by atoms with Crippen molar-refractivity contribution in [2.45, 2.75) is 55.4 Å². The van der Waals surface area contributed by atoms with Gasteiger partial charge >= 0.3 is 16.5 Å². The van der Waals surface area contributed by atoms with Gasteiger partial charge in [0.15, 0.2) is 11.6 Å². The zero-order chi connectivity index (χ0) is 23.7. The summed E-state index contributed by atoms with van der Waals surface area (Å²) >= 11 is 0. The fraction of sp³-hybridized carbons (Fsp3) is 0.333. The molecule has 0 aromatic carbocycles. The number of nitrogens with zero attached hydrogens (tertiary/aromatic N) is 2. The zero-order valence-corrected chi connectivity index (χ0v) is 20.5. The molecule has 0 N–H and O–H groups in total. The molecule has 0 aliphatic carbocycles. The van der Waals surface area contributed by atoms with Crippen molar-refractivity contribution >= 4 is 11.6 Å². The average Bonchev–Trinajstić information content (AvgIpc) is 2.53. The molecule has 0 radical (unpaired) electrons. The number of pyridine rings is 2. The maximum absolute atomic E-state index is 9.98. The monoisotopic (exact) mass is 470 g/mol. The Bertz CT molecular complexity index is 748. The molecule has 2 rings (SSSR count). The van der Waals surface area contributed by atoms with Crippen molar-refractivity contribution in [1.82, 2.24) is 9.97 Å². The van der Waals surface area contributed by atoms with Crippen molar-refractivity contribution in [3.63, 3.8) is 0 Å². The molecule has 31 heavy (non-hydrogen) atoms. The standard InChI is InChI=1S/2C7H9N.2C5H8O2.Ni/c2*1-6-3-7(2)5-8-4-6;2*1-4(6)3-5(2)7;/h2*3-5H,1-2H3;2*3,6H,1-2H3;/q;;;;+2/p-2/b;;2*4-3-;. The molecule has 0 saturated heterocycles. The molecule has 2 aromatic heterocycles. The van der Waals surface area contributed by atoms with Crippen LogP contribution >= 0.6 is 0 Å². The number of aromatic nitrogens is 2. The molecule has 172 valence electrons. The summed E-state index contributed by atoms with van der Waals surface area (Å²) in [6, 6.07) is 4.21. The number of carbonyl (C=O) groups excluding carboxylic acids is 2. The minimum absolute atomic E-state index is 0. The Morgan fingerprint density at radius 1 is 0.645 bits per heavy atom. The van der Waals surface area contributed by atoms with Crippen molar-refractivity contribution in [3.05, 3.63) is 82.8 Å². The molecule has 7 heteroatoms. The Hall–Kier alpha value is -2.79. The molecule has 2 heterocycles. The van der Waals surface area contributed by atoms with E-state index in [0.29, 0.717) is 0 Å². The summed E-state index contributed by atoms with van der Waals surface area (Å²) in [5, 5.41) is 20.0. The van der Waals surface area contributed by atoms with Crippen LogP contribution in [0.25, 0.3) is 0 Å². The number of rotatable bonds is 2. The van der Waals surface area contributed by atoms with Crippen LogP contribution < -0.4 is 10.2 Å². The summed E-state index contributed by atoms with van der Waals surface area (Å²) in [5.74, 6) is -0.750. The van der Waals surface area contributed by atoms with E-state index in [1.807, 2.05) is 52.5 Å². The Balaban J connectivity index is -0.000000335. The van der Waals surface area contributed by atoms with Crippen LogP contribution in [0.4, 0.5) is 0 Å². The molecule has 0 aliphatic rings. The van der Waals surface area contributed by atoms with E-state index in [1.54, 1.807) is 0 Å². The summed E-state index contributed by atoms with van der Waals surface area (Å²) in [4.78, 5) is 27.9. The Morgan fingerprint density at radius 3 is 0.935 bits per heavy atom. The van der Waals surface area contributed by atoms with Gasteiger partial charge in [-0.3, -0.25) is 19.6 Å². The summed E-state index contributed by atoms with van der Waals surface area (Å²) in [6.07, 6.45) is 9.53. The van der Waals surface area contributed by atoms with E-state index < -0.39 is 0 Å². The third-order valence-electron chi connectivity index (χ3n) is 2.84. The van der Waals surface area contributed by atoms with E-state index in [2.05, 4.69) is 22.1 Å². The van der Waals surface area contributed by atoms with Gasteiger partial charge in [0.2, 0.25) is 0 Å². The SMILES string of the molecule is CC(=O)/C=C(/C)[O-].CC(=O)/C=C(/C)[O-].Cc1cncc(C)c1.Cc1cncc(C)c1.[Ni+2]. The van der Waals surface area contributed by atoms with E-state index in [4.69, 9.17) is 0 Å². The van der Waals surface area contributed by atoms with Crippen molar-refractivity contribution < 1.29 is 36.3 Å². The van der Waals surface area contributed by atoms with Crippen LogP contribution in [0.1, 0.15) is 49.9 Å². The number of hydrogen-bond acceptors (Lipinski definition) is 6. The van der Waals surface area contributed by atoms with E-state index in [0.717, 1.165) is 12.2 Å². The fourth-order valence-corrected chi connectivity index (χ4v) is 1.98. The van der Waals surface area contributed by atoms with Gasteiger partial charge in [-0.2, -0.15) is 0 Å². The summed E-state index contributed by atoms with van der Waals surface area (Å²) in [7, 11) is 0. The van der Waals surface area contributed by atoms with Crippen LogP contribution in [0.5, 0.6) is 0 Å². The molecule has 0 aliphatic heterocycles. The van der Waals surface area contributed by atoms with Gasteiger partial charge in [-0.05, 0) is 75.9 Å². The molecule has 0 bridgehead atoms. The number of carbonyl (C=O) groups is 2. The van der Waals surface area contributed by atoms with Gasteiger partial charge in [-0.25, -0.2) is 0 Å². The maximum Gasteiger partial charge on any atom is 2.00 e. The maximum atomic E-state index is 9.98. The Kier molecular flexibility index (Phi) is 20.3. The summed E-state index contributed by atoms with van der Waals surface area (Å²) in [5.41, 5.74) is 4.91. The van der Waals surface area contributed by atoms with Crippen LogP contribution in [0.2, 0.25) is 0 Å². The first-order valence-corrected chi connectivity index (χ1v) is 9.31. The molecule has 0 spiro atoms. The topological polar surface area (TPSA) is 106 Å². The first kappa shape index (κ1) is 32.9. The molecule has 0 unspecified atom stereocenters. The third-order valence-corrected chi connectivity index (χ3v) is 2.84. The zero-order valence-electron chi connectivity index (χ0n) is 19.5. The van der Waals surface area contributed by atoms with Crippen molar-refractivity contribution in [1.29, 1.82) is 0 Å². The van der Waals surface area contributed by atoms with Crippen molar-refractivity contribution in [3.8, 4) is 0 Å². The molecular formula is C24H32N2NiO4. The van der Waals surface area contributed by atoms with Gasteiger partial charge in [-0.15, -0.1) is 11.5 Å². The number of hydrogen-bond donors (Lipinski definition) is 0. The molecule has 0 atom stereocenters. The van der Waals surface area contributed by atoms with Crippen molar-refractivity contribution in [2.24, 2.45) is 0 Å². The largest absolute Gasteiger partial charge is 2.00 e. The van der Waals surface area contributed by atoms with Crippen LogP contribution in [0.15, 0.2) is 60.6 Å². The average molecular weight is 471 g/mol. The second kappa shape index (κ2) is 19.2. The van der Waals surface area contributed by atoms with Gasteiger partial charge < -0.3 is 10.2 Å². The minimum atomic E-state index is -0.187. The van der Waals surface area contributed by atoms with Crippen LogP contribution in [-0.2, 0) is 26.1 Å². The number of allylic oxidation sites excluding steroid dienone is 4. The van der Waals surface area contributed by atoms with Crippen LogP contribution in [-0.4, -0.2) is 21.5 Å².